The number of ether oxygens (including phenoxy) is 1. The van der Waals surface area contributed by atoms with Crippen LogP contribution < -0.4 is 15.8 Å². The second-order valence-corrected chi connectivity index (χ2v) is 5.52. The van der Waals surface area contributed by atoms with Crippen LogP contribution in [0.2, 0.25) is 0 Å². The molecule has 3 aromatic rings. The lowest BCUT2D eigenvalue weighted by atomic mass is 10.2. The zero-order valence-electron chi connectivity index (χ0n) is 14.7. The molecule has 0 saturated heterocycles. The summed E-state index contributed by atoms with van der Waals surface area (Å²) in [4.78, 5) is 8.65. The standard InChI is InChI=1S/C19H19FN4O2.HI/c1-25-17-4-2-3-15(11-17)24-19(21)22-10-9-16-12-26-18(23-16)13-5-7-14(20)8-6-13;/h2-8,11-12H,9-10H2,1H3,(H3,21,22,24);1H. The summed E-state index contributed by atoms with van der Waals surface area (Å²) in [6.45, 7) is 0.457. The number of aromatic nitrogens is 1. The third-order valence-corrected chi connectivity index (χ3v) is 3.64. The number of anilines is 1. The number of halogens is 2. The smallest absolute Gasteiger partial charge is 0.226 e. The van der Waals surface area contributed by atoms with Crippen LogP contribution in [-0.4, -0.2) is 24.6 Å². The van der Waals surface area contributed by atoms with E-state index < -0.39 is 0 Å². The largest absolute Gasteiger partial charge is 0.497 e. The minimum Gasteiger partial charge on any atom is -0.497 e. The van der Waals surface area contributed by atoms with E-state index in [1.54, 1.807) is 25.5 Å². The molecule has 0 bridgehead atoms. The molecule has 27 heavy (non-hydrogen) atoms. The molecule has 2 aromatic carbocycles. The molecule has 6 nitrogen and oxygen atoms in total. The van der Waals surface area contributed by atoms with Gasteiger partial charge in [-0.05, 0) is 36.4 Å². The Bertz CT molecular complexity index is 897. The summed E-state index contributed by atoms with van der Waals surface area (Å²) in [6.07, 6.45) is 2.14. The molecule has 1 aromatic heterocycles. The van der Waals surface area contributed by atoms with Gasteiger partial charge in [-0.2, -0.15) is 0 Å². The predicted octanol–water partition coefficient (Wildman–Crippen LogP) is 4.08. The summed E-state index contributed by atoms with van der Waals surface area (Å²) in [6, 6.07) is 13.4. The van der Waals surface area contributed by atoms with Crippen LogP contribution >= 0.6 is 24.0 Å². The van der Waals surface area contributed by atoms with E-state index in [4.69, 9.17) is 14.9 Å². The van der Waals surface area contributed by atoms with Gasteiger partial charge >= 0.3 is 0 Å². The molecule has 0 radical (unpaired) electrons. The highest BCUT2D eigenvalue weighted by Gasteiger charge is 2.06. The molecule has 8 heteroatoms. The van der Waals surface area contributed by atoms with Crippen molar-refractivity contribution in [3.8, 4) is 17.2 Å². The number of oxazole rings is 1. The minimum atomic E-state index is -0.297. The van der Waals surface area contributed by atoms with Crippen molar-refractivity contribution in [2.75, 3.05) is 19.0 Å². The first-order valence-electron chi connectivity index (χ1n) is 8.05. The highest BCUT2D eigenvalue weighted by atomic mass is 127. The van der Waals surface area contributed by atoms with Gasteiger partial charge in [0.05, 0.1) is 12.8 Å². The lowest BCUT2D eigenvalue weighted by molar-refractivity contribution is 0.415. The summed E-state index contributed by atoms with van der Waals surface area (Å²) in [5.74, 6) is 1.19. The van der Waals surface area contributed by atoms with Crippen molar-refractivity contribution in [2.45, 2.75) is 6.42 Å². The molecule has 0 atom stereocenters. The average Bonchev–Trinajstić information content (AvgIpc) is 3.11. The number of rotatable bonds is 6. The number of nitrogens with one attached hydrogen (secondary N) is 1. The van der Waals surface area contributed by atoms with Gasteiger partial charge in [-0.15, -0.1) is 24.0 Å². The number of aliphatic imine (C=N–C) groups is 1. The van der Waals surface area contributed by atoms with Crippen molar-refractivity contribution in [2.24, 2.45) is 10.7 Å². The zero-order chi connectivity index (χ0) is 18.4. The number of methoxy groups -OCH3 is 1. The van der Waals surface area contributed by atoms with E-state index in [2.05, 4.69) is 15.3 Å². The molecule has 3 rings (SSSR count). The van der Waals surface area contributed by atoms with Crippen LogP contribution in [0.25, 0.3) is 11.5 Å². The van der Waals surface area contributed by atoms with E-state index in [0.29, 0.717) is 24.8 Å². The second kappa shape index (κ2) is 9.91. The zero-order valence-corrected chi connectivity index (χ0v) is 17.0. The molecule has 3 N–H and O–H groups in total. The van der Waals surface area contributed by atoms with E-state index in [9.17, 15) is 4.39 Å². The Morgan fingerprint density at radius 2 is 2.04 bits per heavy atom. The normalized spacial score (nSPS) is 11.0. The lowest BCUT2D eigenvalue weighted by Crippen LogP contribution is -2.23. The lowest BCUT2D eigenvalue weighted by Gasteiger charge is -2.07. The number of nitrogens with two attached hydrogens (primary N) is 1. The Kier molecular flexibility index (Phi) is 7.59. The molecule has 0 aliphatic rings. The summed E-state index contributed by atoms with van der Waals surface area (Å²) in [5, 5.41) is 3.01. The number of benzene rings is 2. The maximum Gasteiger partial charge on any atom is 0.226 e. The maximum atomic E-state index is 13.0. The van der Waals surface area contributed by atoms with Crippen LogP contribution in [0.1, 0.15) is 5.69 Å². The highest BCUT2D eigenvalue weighted by Crippen LogP contribution is 2.19. The summed E-state index contributed by atoms with van der Waals surface area (Å²) in [7, 11) is 1.61. The molecule has 142 valence electrons. The summed E-state index contributed by atoms with van der Waals surface area (Å²) >= 11 is 0. The minimum absolute atomic E-state index is 0. The average molecular weight is 482 g/mol. The van der Waals surface area contributed by atoms with Gasteiger partial charge in [0.1, 0.15) is 17.8 Å². The number of hydrogen-bond acceptors (Lipinski definition) is 4. The van der Waals surface area contributed by atoms with Crippen LogP contribution in [0.4, 0.5) is 10.1 Å². The summed E-state index contributed by atoms with van der Waals surface area (Å²) < 4.78 is 23.5. The van der Waals surface area contributed by atoms with E-state index in [0.717, 1.165) is 22.7 Å². The van der Waals surface area contributed by atoms with Crippen LogP contribution in [0.5, 0.6) is 5.75 Å². The number of guanidine groups is 1. The van der Waals surface area contributed by atoms with Crippen molar-refractivity contribution >= 4 is 35.6 Å². The molecule has 0 saturated carbocycles. The van der Waals surface area contributed by atoms with Crippen LogP contribution in [0.3, 0.4) is 0 Å². The predicted molar refractivity (Wildman–Crippen MR) is 114 cm³/mol. The first-order valence-corrected chi connectivity index (χ1v) is 8.05. The third kappa shape index (κ3) is 5.95. The van der Waals surface area contributed by atoms with E-state index >= 15 is 0 Å². The molecular formula is C19H20FIN4O2. The molecular weight excluding hydrogens is 462 g/mol. The third-order valence-electron chi connectivity index (χ3n) is 3.64. The Balaban J connectivity index is 0.00000261. The van der Waals surface area contributed by atoms with Gasteiger partial charge in [0.25, 0.3) is 0 Å². The van der Waals surface area contributed by atoms with Gasteiger partial charge in [-0.25, -0.2) is 9.37 Å². The quantitative estimate of drug-likeness (QED) is 0.314. The van der Waals surface area contributed by atoms with Gasteiger partial charge < -0.3 is 20.2 Å². The van der Waals surface area contributed by atoms with Crippen LogP contribution in [0, 0.1) is 5.82 Å². The highest BCUT2D eigenvalue weighted by molar-refractivity contribution is 14.0. The van der Waals surface area contributed by atoms with Gasteiger partial charge in [0, 0.05) is 30.3 Å². The Labute approximate surface area is 173 Å². The fourth-order valence-electron chi connectivity index (χ4n) is 2.33. The molecule has 0 unspecified atom stereocenters. The molecule has 1 heterocycles. The van der Waals surface area contributed by atoms with Gasteiger partial charge in [-0.1, -0.05) is 6.07 Å². The van der Waals surface area contributed by atoms with Crippen molar-refractivity contribution < 1.29 is 13.5 Å². The fraction of sp³-hybridized carbons (Fsp3) is 0.158. The Hall–Kier alpha value is -2.62. The Morgan fingerprint density at radius 3 is 2.78 bits per heavy atom. The molecule has 0 aliphatic heterocycles. The SMILES string of the molecule is COc1cccc(NC(N)=NCCc2coc(-c3ccc(F)cc3)n2)c1.I. The van der Waals surface area contributed by atoms with E-state index in [-0.39, 0.29) is 29.8 Å². The van der Waals surface area contributed by atoms with Crippen LogP contribution in [0.15, 0.2) is 64.2 Å². The first kappa shape index (κ1) is 20.7. The molecule has 0 amide bonds. The van der Waals surface area contributed by atoms with Gasteiger partial charge in [-0.3, -0.25) is 4.99 Å². The van der Waals surface area contributed by atoms with E-state index in [1.807, 2.05) is 24.3 Å². The topological polar surface area (TPSA) is 85.7 Å². The van der Waals surface area contributed by atoms with Gasteiger partial charge in [0.2, 0.25) is 5.89 Å². The van der Waals surface area contributed by atoms with Crippen molar-refractivity contribution in [1.29, 1.82) is 0 Å². The van der Waals surface area contributed by atoms with Crippen molar-refractivity contribution in [3.05, 3.63) is 66.3 Å². The Morgan fingerprint density at radius 1 is 1.26 bits per heavy atom. The van der Waals surface area contributed by atoms with Crippen molar-refractivity contribution in [1.82, 2.24) is 4.98 Å². The molecule has 0 fully saturated rings. The molecule has 0 spiro atoms. The maximum absolute atomic E-state index is 13.0. The molecule has 0 aliphatic carbocycles. The second-order valence-electron chi connectivity index (χ2n) is 5.52. The van der Waals surface area contributed by atoms with Crippen LogP contribution in [-0.2, 0) is 6.42 Å². The number of hydrogen-bond donors (Lipinski definition) is 2. The fourth-order valence-corrected chi connectivity index (χ4v) is 2.33. The van der Waals surface area contributed by atoms with Crippen molar-refractivity contribution in [3.63, 3.8) is 0 Å². The first-order chi connectivity index (χ1) is 12.6. The van der Waals surface area contributed by atoms with E-state index in [1.165, 1.54) is 12.1 Å². The summed E-state index contributed by atoms with van der Waals surface area (Å²) in [5.41, 5.74) is 8.16. The number of nitrogens with zero attached hydrogens (tertiary/aromatic N) is 2. The van der Waals surface area contributed by atoms with Gasteiger partial charge in [0.15, 0.2) is 5.96 Å². The monoisotopic (exact) mass is 482 g/mol.